The Labute approximate surface area is 219 Å². The van der Waals surface area contributed by atoms with E-state index < -0.39 is 23.7 Å². The van der Waals surface area contributed by atoms with Gasteiger partial charge in [0.15, 0.2) is 0 Å². The van der Waals surface area contributed by atoms with E-state index >= 15 is 0 Å². The number of carbonyl (C=O) groups is 3. The third kappa shape index (κ3) is 4.72. The Hall–Kier alpha value is -4.05. The number of urea groups is 1. The molecule has 6 nitrogen and oxygen atoms in total. The Morgan fingerprint density at radius 1 is 0.917 bits per heavy atom. The highest BCUT2D eigenvalue weighted by molar-refractivity contribution is 14.1. The van der Waals surface area contributed by atoms with E-state index in [0.717, 1.165) is 36.9 Å². The molecule has 1 aliphatic heterocycles. The van der Waals surface area contributed by atoms with E-state index in [1.807, 2.05) is 24.3 Å². The van der Waals surface area contributed by atoms with Crippen molar-refractivity contribution in [3.8, 4) is 5.75 Å². The van der Waals surface area contributed by atoms with Crippen LogP contribution in [0.3, 0.4) is 0 Å². The van der Waals surface area contributed by atoms with Crippen molar-refractivity contribution in [2.75, 3.05) is 4.90 Å². The second-order valence-corrected chi connectivity index (χ2v) is 9.21. The Kier molecular flexibility index (Phi) is 6.51. The van der Waals surface area contributed by atoms with Crippen LogP contribution in [0.2, 0.25) is 0 Å². The molecule has 4 aromatic rings. The molecule has 0 unspecified atom stereocenters. The average molecular weight is 592 g/mol. The van der Waals surface area contributed by atoms with Gasteiger partial charge in [-0.2, -0.15) is 0 Å². The highest BCUT2D eigenvalue weighted by atomic mass is 127. The molecular weight excluding hydrogens is 574 g/mol. The van der Waals surface area contributed by atoms with Crippen molar-refractivity contribution in [2.24, 2.45) is 0 Å². The number of benzene rings is 4. The highest BCUT2D eigenvalue weighted by Gasteiger charge is 2.36. The van der Waals surface area contributed by atoms with Gasteiger partial charge in [-0.1, -0.05) is 48.5 Å². The summed E-state index contributed by atoms with van der Waals surface area (Å²) < 4.78 is 20.1. The Balaban J connectivity index is 1.37. The van der Waals surface area contributed by atoms with Gasteiger partial charge < -0.3 is 4.74 Å². The normalized spacial score (nSPS) is 14.9. The van der Waals surface area contributed by atoms with E-state index in [2.05, 4.69) is 46.1 Å². The van der Waals surface area contributed by atoms with E-state index in [-0.39, 0.29) is 11.3 Å². The first-order chi connectivity index (χ1) is 17.4. The number of rotatable bonds is 5. The summed E-state index contributed by atoms with van der Waals surface area (Å²) in [6.45, 7) is 0.382. The standard InChI is InChI=1S/C28H18FIN2O4/c29-20-9-11-21(12-10-20)32-27(34)23(26(33)31-28(32)35)14-17-8-13-25(24(30)15-17)36-16-19-6-3-5-18-4-1-2-7-22(18)19/h1-15H,16H2,(H,31,33,35)/b23-14+. The zero-order chi connectivity index (χ0) is 25.2. The Morgan fingerprint density at radius 3 is 2.44 bits per heavy atom. The van der Waals surface area contributed by atoms with Crippen LogP contribution >= 0.6 is 22.6 Å². The fourth-order valence-corrected chi connectivity index (χ4v) is 4.64. The molecule has 0 aromatic heterocycles. The molecule has 1 saturated heterocycles. The number of amides is 4. The predicted octanol–water partition coefficient (Wildman–Crippen LogP) is 5.83. The summed E-state index contributed by atoms with van der Waals surface area (Å²) in [6, 6.07) is 23.4. The van der Waals surface area contributed by atoms with Crippen molar-refractivity contribution >= 4 is 63.0 Å². The second kappa shape index (κ2) is 9.90. The minimum atomic E-state index is -0.888. The number of hydrogen-bond acceptors (Lipinski definition) is 4. The van der Waals surface area contributed by atoms with Gasteiger partial charge in [0.1, 0.15) is 23.7 Å². The van der Waals surface area contributed by atoms with Crippen LogP contribution in [0.4, 0.5) is 14.9 Å². The summed E-state index contributed by atoms with van der Waals surface area (Å²) in [7, 11) is 0. The molecule has 1 heterocycles. The molecule has 1 N–H and O–H groups in total. The fourth-order valence-electron chi connectivity index (χ4n) is 3.95. The van der Waals surface area contributed by atoms with Gasteiger partial charge in [0.25, 0.3) is 11.8 Å². The SMILES string of the molecule is O=C1NC(=O)N(c2ccc(F)cc2)C(=O)/C1=C/c1ccc(OCc2cccc3ccccc23)c(I)c1. The Bertz CT molecular complexity index is 1540. The maximum atomic E-state index is 13.3. The number of barbiturate groups is 1. The van der Waals surface area contributed by atoms with E-state index in [1.165, 1.54) is 18.2 Å². The third-order valence-corrected chi connectivity index (χ3v) is 6.56. The number of fused-ring (bicyclic) bond motifs is 1. The third-order valence-electron chi connectivity index (χ3n) is 5.72. The van der Waals surface area contributed by atoms with Crippen molar-refractivity contribution in [1.82, 2.24) is 5.32 Å². The molecule has 4 aromatic carbocycles. The number of hydrogen-bond donors (Lipinski definition) is 1. The first kappa shape index (κ1) is 23.7. The van der Waals surface area contributed by atoms with Gasteiger partial charge in [0, 0.05) is 0 Å². The largest absolute Gasteiger partial charge is 0.488 e. The Morgan fingerprint density at radius 2 is 1.67 bits per heavy atom. The number of nitrogens with one attached hydrogen (secondary N) is 1. The number of halogens is 2. The van der Waals surface area contributed by atoms with Crippen molar-refractivity contribution in [3.63, 3.8) is 0 Å². The van der Waals surface area contributed by atoms with Crippen LogP contribution in [0.25, 0.3) is 16.8 Å². The molecule has 8 heteroatoms. The number of ether oxygens (including phenoxy) is 1. The molecule has 36 heavy (non-hydrogen) atoms. The van der Waals surface area contributed by atoms with Crippen molar-refractivity contribution in [2.45, 2.75) is 6.61 Å². The molecule has 0 bridgehead atoms. The van der Waals surface area contributed by atoms with E-state index in [4.69, 9.17) is 4.74 Å². The number of carbonyl (C=O) groups excluding carboxylic acids is 3. The van der Waals surface area contributed by atoms with E-state index in [0.29, 0.717) is 17.9 Å². The van der Waals surface area contributed by atoms with Crippen LogP contribution in [0.5, 0.6) is 5.75 Å². The zero-order valence-electron chi connectivity index (χ0n) is 18.7. The lowest BCUT2D eigenvalue weighted by molar-refractivity contribution is -0.122. The van der Waals surface area contributed by atoms with Gasteiger partial charge in [-0.05, 0) is 87.0 Å². The summed E-state index contributed by atoms with van der Waals surface area (Å²) >= 11 is 2.13. The number of nitrogens with zero attached hydrogens (tertiary/aromatic N) is 1. The van der Waals surface area contributed by atoms with Crippen LogP contribution in [-0.4, -0.2) is 17.8 Å². The van der Waals surface area contributed by atoms with E-state index in [1.54, 1.807) is 18.2 Å². The topological polar surface area (TPSA) is 75.7 Å². The minimum Gasteiger partial charge on any atom is -0.488 e. The summed E-state index contributed by atoms with van der Waals surface area (Å²) in [5, 5.41) is 4.42. The van der Waals surface area contributed by atoms with Crippen LogP contribution in [0.1, 0.15) is 11.1 Å². The van der Waals surface area contributed by atoms with Crippen LogP contribution < -0.4 is 15.0 Å². The second-order valence-electron chi connectivity index (χ2n) is 8.05. The minimum absolute atomic E-state index is 0.157. The highest BCUT2D eigenvalue weighted by Crippen LogP contribution is 2.27. The van der Waals surface area contributed by atoms with Gasteiger partial charge >= 0.3 is 6.03 Å². The van der Waals surface area contributed by atoms with Crippen molar-refractivity contribution in [1.29, 1.82) is 0 Å². The molecule has 5 rings (SSSR count). The van der Waals surface area contributed by atoms with Gasteiger partial charge in [0.05, 0.1) is 9.26 Å². The molecule has 4 amide bonds. The predicted molar refractivity (Wildman–Crippen MR) is 143 cm³/mol. The van der Waals surface area contributed by atoms with Crippen molar-refractivity contribution < 1.29 is 23.5 Å². The lowest BCUT2D eigenvalue weighted by atomic mass is 10.1. The number of imide groups is 2. The summed E-state index contributed by atoms with van der Waals surface area (Å²) in [6.07, 6.45) is 1.41. The van der Waals surface area contributed by atoms with Crippen molar-refractivity contribution in [3.05, 3.63) is 111 Å². The van der Waals surface area contributed by atoms with Crippen LogP contribution in [-0.2, 0) is 16.2 Å². The van der Waals surface area contributed by atoms with Gasteiger partial charge in [-0.15, -0.1) is 0 Å². The lowest BCUT2D eigenvalue weighted by Crippen LogP contribution is -2.54. The van der Waals surface area contributed by atoms with Gasteiger partial charge in [-0.25, -0.2) is 14.1 Å². The monoisotopic (exact) mass is 592 g/mol. The molecule has 1 aliphatic rings. The molecule has 0 radical (unpaired) electrons. The molecule has 1 fully saturated rings. The summed E-state index contributed by atoms with van der Waals surface area (Å²) in [5.41, 5.74) is 1.59. The molecule has 0 aliphatic carbocycles. The lowest BCUT2D eigenvalue weighted by Gasteiger charge is -2.26. The first-order valence-electron chi connectivity index (χ1n) is 11.0. The maximum absolute atomic E-state index is 13.3. The fraction of sp³-hybridized carbons (Fsp3) is 0.0357. The molecule has 0 spiro atoms. The maximum Gasteiger partial charge on any atom is 0.335 e. The smallest absolute Gasteiger partial charge is 0.335 e. The first-order valence-corrected chi connectivity index (χ1v) is 12.0. The molecule has 0 atom stereocenters. The van der Waals surface area contributed by atoms with Gasteiger partial charge in [0.2, 0.25) is 0 Å². The molecule has 178 valence electrons. The van der Waals surface area contributed by atoms with Crippen LogP contribution in [0, 0.1) is 9.39 Å². The zero-order valence-corrected chi connectivity index (χ0v) is 20.9. The molecule has 0 saturated carbocycles. The van der Waals surface area contributed by atoms with E-state index in [9.17, 15) is 18.8 Å². The average Bonchev–Trinajstić information content (AvgIpc) is 2.87. The van der Waals surface area contributed by atoms with Gasteiger partial charge in [-0.3, -0.25) is 14.9 Å². The summed E-state index contributed by atoms with van der Waals surface area (Å²) in [4.78, 5) is 38.6. The van der Waals surface area contributed by atoms with Crippen LogP contribution in [0.15, 0.2) is 90.5 Å². The number of anilines is 1. The quantitative estimate of drug-likeness (QED) is 0.180. The molecular formula is C28H18FIN2O4. The summed E-state index contributed by atoms with van der Waals surface area (Å²) in [5.74, 6) is -1.43.